The number of ether oxygens (including phenoxy) is 1. The van der Waals surface area contributed by atoms with Crippen LogP contribution in [-0.4, -0.2) is 13.2 Å². The van der Waals surface area contributed by atoms with Crippen LogP contribution in [0, 0.1) is 5.92 Å². The minimum atomic E-state index is 0.692. The standard InChI is InChI=1S/C16H23NO/c1-13(2)10-12-18-16-8-6-15(7-9-16)17-11-4-5-14(17)3/h6-9,13H,3-5,10-12H2,1-2H3. The monoisotopic (exact) mass is 245 g/mol. The second kappa shape index (κ2) is 5.94. The van der Waals surface area contributed by atoms with Crippen LogP contribution in [0.2, 0.25) is 0 Å². The van der Waals surface area contributed by atoms with Crippen molar-refractivity contribution in [1.29, 1.82) is 0 Å². The van der Waals surface area contributed by atoms with E-state index in [-0.39, 0.29) is 0 Å². The van der Waals surface area contributed by atoms with Gasteiger partial charge in [-0.15, -0.1) is 0 Å². The van der Waals surface area contributed by atoms with Crippen molar-refractivity contribution in [3.63, 3.8) is 0 Å². The molecule has 1 fully saturated rings. The highest BCUT2D eigenvalue weighted by Crippen LogP contribution is 2.28. The normalized spacial score (nSPS) is 15.5. The highest BCUT2D eigenvalue weighted by atomic mass is 16.5. The molecule has 1 aromatic carbocycles. The van der Waals surface area contributed by atoms with Crippen LogP contribution >= 0.6 is 0 Å². The molecule has 1 aliphatic rings. The van der Waals surface area contributed by atoms with Gasteiger partial charge in [0.1, 0.15) is 5.75 Å². The Labute approximate surface area is 110 Å². The molecule has 18 heavy (non-hydrogen) atoms. The fourth-order valence-corrected chi connectivity index (χ4v) is 2.18. The molecule has 2 rings (SSSR count). The number of hydrogen-bond acceptors (Lipinski definition) is 2. The molecule has 0 N–H and O–H groups in total. The Kier molecular flexibility index (Phi) is 4.29. The molecule has 1 heterocycles. The van der Waals surface area contributed by atoms with Crippen LogP contribution in [0.5, 0.6) is 5.75 Å². The molecular formula is C16H23NO. The molecule has 0 spiro atoms. The SMILES string of the molecule is C=C1CCCN1c1ccc(OCCC(C)C)cc1. The number of anilines is 1. The van der Waals surface area contributed by atoms with Crippen molar-refractivity contribution < 1.29 is 4.74 Å². The van der Waals surface area contributed by atoms with E-state index in [1.165, 1.54) is 17.8 Å². The maximum atomic E-state index is 5.72. The van der Waals surface area contributed by atoms with Gasteiger partial charge in [-0.25, -0.2) is 0 Å². The number of hydrogen-bond donors (Lipinski definition) is 0. The summed E-state index contributed by atoms with van der Waals surface area (Å²) < 4.78 is 5.72. The van der Waals surface area contributed by atoms with Gasteiger partial charge in [0.05, 0.1) is 6.61 Å². The molecule has 2 heteroatoms. The lowest BCUT2D eigenvalue weighted by Crippen LogP contribution is -2.15. The van der Waals surface area contributed by atoms with Gasteiger partial charge in [-0.05, 0) is 49.4 Å². The van der Waals surface area contributed by atoms with E-state index in [0.29, 0.717) is 5.92 Å². The van der Waals surface area contributed by atoms with Gasteiger partial charge in [0, 0.05) is 17.9 Å². The molecule has 0 saturated carbocycles. The molecule has 0 radical (unpaired) electrons. The predicted molar refractivity (Wildman–Crippen MR) is 77.1 cm³/mol. The lowest BCUT2D eigenvalue weighted by molar-refractivity contribution is 0.289. The van der Waals surface area contributed by atoms with Crippen LogP contribution in [0.4, 0.5) is 5.69 Å². The maximum Gasteiger partial charge on any atom is 0.119 e. The lowest BCUT2D eigenvalue weighted by atomic mass is 10.1. The topological polar surface area (TPSA) is 12.5 Å². The molecule has 98 valence electrons. The largest absolute Gasteiger partial charge is 0.494 e. The molecule has 0 bridgehead atoms. The predicted octanol–water partition coefficient (Wildman–Crippen LogP) is 4.23. The maximum absolute atomic E-state index is 5.72. The smallest absolute Gasteiger partial charge is 0.119 e. The van der Waals surface area contributed by atoms with Gasteiger partial charge in [-0.1, -0.05) is 20.4 Å². The zero-order valence-electron chi connectivity index (χ0n) is 11.5. The molecular weight excluding hydrogens is 222 g/mol. The summed E-state index contributed by atoms with van der Waals surface area (Å²) in [5, 5.41) is 0. The third-order valence-electron chi connectivity index (χ3n) is 3.34. The zero-order valence-corrected chi connectivity index (χ0v) is 11.5. The Hall–Kier alpha value is -1.44. The van der Waals surface area contributed by atoms with Crippen LogP contribution in [0.3, 0.4) is 0 Å². The third kappa shape index (κ3) is 3.28. The Morgan fingerprint density at radius 1 is 1.28 bits per heavy atom. The molecule has 0 unspecified atom stereocenters. The molecule has 0 aliphatic carbocycles. The summed E-state index contributed by atoms with van der Waals surface area (Å²) in [5.41, 5.74) is 2.46. The van der Waals surface area contributed by atoms with Gasteiger partial charge in [-0.2, -0.15) is 0 Å². The summed E-state index contributed by atoms with van der Waals surface area (Å²) in [5.74, 6) is 1.65. The highest BCUT2D eigenvalue weighted by Gasteiger charge is 2.16. The van der Waals surface area contributed by atoms with Gasteiger partial charge in [0.25, 0.3) is 0 Å². The minimum Gasteiger partial charge on any atom is -0.494 e. The molecule has 2 nitrogen and oxygen atoms in total. The Morgan fingerprint density at radius 3 is 2.56 bits per heavy atom. The number of nitrogens with zero attached hydrogens (tertiary/aromatic N) is 1. The second-order valence-electron chi connectivity index (χ2n) is 5.35. The molecule has 1 aromatic rings. The summed E-state index contributed by atoms with van der Waals surface area (Å²) >= 11 is 0. The molecule has 0 atom stereocenters. The zero-order chi connectivity index (χ0) is 13.0. The van der Waals surface area contributed by atoms with Crippen molar-refractivity contribution >= 4 is 5.69 Å². The van der Waals surface area contributed by atoms with Crippen LogP contribution in [0.15, 0.2) is 36.5 Å². The summed E-state index contributed by atoms with van der Waals surface area (Å²) in [4.78, 5) is 2.29. The van der Waals surface area contributed by atoms with Crippen molar-refractivity contribution in [2.75, 3.05) is 18.1 Å². The van der Waals surface area contributed by atoms with E-state index in [2.05, 4.69) is 49.6 Å². The van der Waals surface area contributed by atoms with Crippen LogP contribution in [0.25, 0.3) is 0 Å². The van der Waals surface area contributed by atoms with Crippen molar-refractivity contribution in [2.45, 2.75) is 33.1 Å². The van der Waals surface area contributed by atoms with E-state index in [1.807, 2.05) is 0 Å². The van der Waals surface area contributed by atoms with Crippen LogP contribution < -0.4 is 9.64 Å². The van der Waals surface area contributed by atoms with Crippen molar-refractivity contribution in [3.05, 3.63) is 36.5 Å². The summed E-state index contributed by atoms with van der Waals surface area (Å²) in [6, 6.07) is 8.37. The Bertz CT molecular complexity index is 394. The number of benzene rings is 1. The van der Waals surface area contributed by atoms with Gasteiger partial charge in [0.15, 0.2) is 0 Å². The summed E-state index contributed by atoms with van der Waals surface area (Å²) in [7, 11) is 0. The van der Waals surface area contributed by atoms with E-state index in [1.54, 1.807) is 0 Å². The van der Waals surface area contributed by atoms with Gasteiger partial charge >= 0.3 is 0 Å². The Balaban J connectivity index is 1.91. The fourth-order valence-electron chi connectivity index (χ4n) is 2.18. The van der Waals surface area contributed by atoms with Crippen molar-refractivity contribution in [3.8, 4) is 5.75 Å². The average molecular weight is 245 g/mol. The first-order valence-corrected chi connectivity index (χ1v) is 6.85. The van der Waals surface area contributed by atoms with E-state index in [0.717, 1.165) is 31.7 Å². The summed E-state index contributed by atoms with van der Waals surface area (Å²) in [6.45, 7) is 10.4. The van der Waals surface area contributed by atoms with Gasteiger partial charge in [0.2, 0.25) is 0 Å². The molecule has 1 saturated heterocycles. The summed E-state index contributed by atoms with van der Waals surface area (Å²) in [6.07, 6.45) is 3.43. The Morgan fingerprint density at radius 2 is 2.00 bits per heavy atom. The first-order chi connectivity index (χ1) is 8.66. The van der Waals surface area contributed by atoms with Crippen molar-refractivity contribution in [2.24, 2.45) is 5.92 Å². The van der Waals surface area contributed by atoms with E-state index in [9.17, 15) is 0 Å². The van der Waals surface area contributed by atoms with Gasteiger partial charge in [-0.3, -0.25) is 0 Å². The third-order valence-corrected chi connectivity index (χ3v) is 3.34. The minimum absolute atomic E-state index is 0.692. The van der Waals surface area contributed by atoms with E-state index in [4.69, 9.17) is 4.74 Å². The number of rotatable bonds is 5. The van der Waals surface area contributed by atoms with Crippen LogP contribution in [0.1, 0.15) is 33.1 Å². The molecule has 1 aliphatic heterocycles. The average Bonchev–Trinajstić information content (AvgIpc) is 2.76. The first kappa shape index (κ1) is 13.0. The van der Waals surface area contributed by atoms with Crippen LogP contribution in [-0.2, 0) is 0 Å². The lowest BCUT2D eigenvalue weighted by Gasteiger charge is -2.19. The molecule has 0 amide bonds. The highest BCUT2D eigenvalue weighted by molar-refractivity contribution is 5.54. The van der Waals surface area contributed by atoms with Crippen molar-refractivity contribution in [1.82, 2.24) is 0 Å². The van der Waals surface area contributed by atoms with Gasteiger partial charge < -0.3 is 9.64 Å². The molecule has 0 aromatic heterocycles. The second-order valence-corrected chi connectivity index (χ2v) is 5.35. The van der Waals surface area contributed by atoms with E-state index < -0.39 is 0 Å². The quantitative estimate of drug-likeness (QED) is 0.770. The van der Waals surface area contributed by atoms with E-state index >= 15 is 0 Å². The fraction of sp³-hybridized carbons (Fsp3) is 0.500. The first-order valence-electron chi connectivity index (χ1n) is 6.85. The number of allylic oxidation sites excluding steroid dienone is 1.